The monoisotopic (exact) mass is 502 g/mol. The van der Waals surface area contributed by atoms with E-state index in [4.69, 9.17) is 23.2 Å². The number of hydrogen-bond donors (Lipinski definition) is 3. The summed E-state index contributed by atoms with van der Waals surface area (Å²) in [6, 6.07) is 25.4. The number of aromatic nitrogens is 1. The molecule has 0 aliphatic carbocycles. The number of ketones is 1. The van der Waals surface area contributed by atoms with Gasteiger partial charge in [-0.25, -0.2) is 4.98 Å². The number of rotatable bonds is 6. The van der Waals surface area contributed by atoms with Crippen molar-refractivity contribution in [2.24, 2.45) is 0 Å². The number of pyridine rings is 1. The third kappa shape index (κ3) is 4.48. The van der Waals surface area contributed by atoms with Crippen molar-refractivity contribution in [1.29, 1.82) is 0 Å². The smallest absolute Gasteiger partial charge is 0.226 e. The average Bonchev–Trinajstić information content (AvgIpc) is 2.84. The number of halogens is 2. The van der Waals surface area contributed by atoms with Crippen LogP contribution >= 0.6 is 23.2 Å². The molecule has 0 bridgehead atoms. The maximum absolute atomic E-state index is 13.5. The van der Waals surface area contributed by atoms with Crippen LogP contribution in [0.25, 0.3) is 21.7 Å². The predicted octanol–water partition coefficient (Wildman–Crippen LogP) is 7.53. The van der Waals surface area contributed by atoms with E-state index in [0.29, 0.717) is 10.5 Å². The van der Waals surface area contributed by atoms with Crippen LogP contribution in [0.2, 0.25) is 10.0 Å². The SMILES string of the molecule is O=C(CC(Nc1cccc2ccccc12)c1ccc(Cl)cc1)c1c(O)nc2cccc(Cl)c2c1O. The van der Waals surface area contributed by atoms with Crippen LogP contribution in [0.15, 0.2) is 84.9 Å². The minimum atomic E-state index is -0.540. The number of carbonyl (C=O) groups is 1. The fraction of sp³-hybridized carbons (Fsp3) is 0.0714. The van der Waals surface area contributed by atoms with Gasteiger partial charge in [-0.1, -0.05) is 77.8 Å². The Morgan fingerprint density at radius 2 is 1.60 bits per heavy atom. The molecule has 4 aromatic carbocycles. The number of nitrogens with zero attached hydrogens (tertiary/aromatic N) is 1. The lowest BCUT2D eigenvalue weighted by atomic mass is 9.96. The summed E-state index contributed by atoms with van der Waals surface area (Å²) in [5.74, 6) is -1.41. The highest BCUT2D eigenvalue weighted by Gasteiger charge is 2.26. The lowest BCUT2D eigenvalue weighted by molar-refractivity contribution is 0.0971. The zero-order valence-electron chi connectivity index (χ0n) is 18.4. The molecule has 0 radical (unpaired) electrons. The molecule has 0 saturated heterocycles. The van der Waals surface area contributed by atoms with Gasteiger partial charge in [0.2, 0.25) is 5.88 Å². The first-order chi connectivity index (χ1) is 16.9. The zero-order chi connectivity index (χ0) is 24.5. The molecular formula is C28H20Cl2N2O3. The Kier molecular flexibility index (Phi) is 6.20. The van der Waals surface area contributed by atoms with Gasteiger partial charge in [0, 0.05) is 22.5 Å². The second-order valence-corrected chi connectivity index (χ2v) is 9.04. The molecule has 0 aliphatic rings. The van der Waals surface area contributed by atoms with Crippen LogP contribution in [0.4, 0.5) is 5.69 Å². The fourth-order valence-electron chi connectivity index (χ4n) is 4.27. The molecule has 7 heteroatoms. The van der Waals surface area contributed by atoms with Gasteiger partial charge in [-0.3, -0.25) is 4.79 Å². The first-order valence-electron chi connectivity index (χ1n) is 11.0. The maximum atomic E-state index is 13.5. The third-order valence-corrected chi connectivity index (χ3v) is 6.54. The van der Waals surface area contributed by atoms with Gasteiger partial charge in [-0.05, 0) is 41.3 Å². The topological polar surface area (TPSA) is 82.5 Å². The number of carbonyl (C=O) groups excluding carboxylic acids is 1. The highest BCUT2D eigenvalue weighted by Crippen LogP contribution is 2.39. The lowest BCUT2D eigenvalue weighted by Crippen LogP contribution is -2.16. The predicted molar refractivity (Wildman–Crippen MR) is 141 cm³/mol. The van der Waals surface area contributed by atoms with E-state index in [1.807, 2.05) is 54.6 Å². The molecule has 0 aliphatic heterocycles. The van der Waals surface area contributed by atoms with Crippen molar-refractivity contribution in [3.8, 4) is 11.6 Å². The van der Waals surface area contributed by atoms with Crippen molar-refractivity contribution in [3.63, 3.8) is 0 Å². The van der Waals surface area contributed by atoms with E-state index in [0.717, 1.165) is 22.0 Å². The Balaban J connectivity index is 1.56. The Hall–Kier alpha value is -3.80. The number of anilines is 1. The van der Waals surface area contributed by atoms with Crippen molar-refractivity contribution in [2.45, 2.75) is 12.5 Å². The van der Waals surface area contributed by atoms with E-state index in [-0.39, 0.29) is 28.1 Å². The van der Waals surface area contributed by atoms with Gasteiger partial charge in [0.25, 0.3) is 0 Å². The molecule has 1 unspecified atom stereocenters. The van der Waals surface area contributed by atoms with E-state index < -0.39 is 17.7 Å². The third-order valence-electron chi connectivity index (χ3n) is 5.98. The molecule has 3 N–H and O–H groups in total. The van der Waals surface area contributed by atoms with E-state index in [2.05, 4.69) is 10.3 Å². The van der Waals surface area contributed by atoms with Crippen molar-refractivity contribution in [2.75, 3.05) is 5.32 Å². The molecule has 0 amide bonds. The van der Waals surface area contributed by atoms with Gasteiger partial charge >= 0.3 is 0 Å². The molecule has 35 heavy (non-hydrogen) atoms. The number of aromatic hydroxyl groups is 2. The maximum Gasteiger partial charge on any atom is 0.226 e. The summed E-state index contributed by atoms with van der Waals surface area (Å²) in [6.45, 7) is 0. The van der Waals surface area contributed by atoms with E-state index in [1.54, 1.807) is 30.3 Å². The number of fused-ring (bicyclic) bond motifs is 2. The van der Waals surface area contributed by atoms with E-state index in [1.165, 1.54) is 0 Å². The highest BCUT2D eigenvalue weighted by atomic mass is 35.5. The van der Waals surface area contributed by atoms with Gasteiger partial charge in [0.05, 0.1) is 22.0 Å². The standard InChI is InChI=1S/C28H20Cl2N2O3/c29-18-13-11-17(12-14-18)23(31-21-9-3-6-16-5-1-2-7-19(16)21)15-24(33)26-27(34)25-20(30)8-4-10-22(25)32-28(26)35/h1-14,23,31H,15H2,(H2,32,34,35). The Labute approximate surface area is 211 Å². The van der Waals surface area contributed by atoms with Crippen molar-refractivity contribution < 1.29 is 15.0 Å². The average molecular weight is 503 g/mol. The molecule has 0 spiro atoms. The summed E-state index contributed by atoms with van der Waals surface area (Å²) in [6.07, 6.45) is -0.0659. The van der Waals surface area contributed by atoms with E-state index in [9.17, 15) is 15.0 Å². The van der Waals surface area contributed by atoms with Crippen LogP contribution in [0, 0.1) is 0 Å². The minimum absolute atomic E-state index is 0.0659. The molecule has 1 heterocycles. The van der Waals surface area contributed by atoms with Gasteiger partial charge in [-0.2, -0.15) is 0 Å². The highest BCUT2D eigenvalue weighted by molar-refractivity contribution is 6.36. The fourth-order valence-corrected chi connectivity index (χ4v) is 4.66. The molecule has 5 aromatic rings. The molecule has 5 nitrogen and oxygen atoms in total. The van der Waals surface area contributed by atoms with Gasteiger partial charge < -0.3 is 15.5 Å². The summed E-state index contributed by atoms with van der Waals surface area (Å²) >= 11 is 12.3. The molecular weight excluding hydrogens is 483 g/mol. The largest absolute Gasteiger partial charge is 0.506 e. The first-order valence-corrected chi connectivity index (χ1v) is 11.7. The number of benzene rings is 4. The summed E-state index contributed by atoms with van der Waals surface area (Å²) < 4.78 is 0. The van der Waals surface area contributed by atoms with E-state index >= 15 is 0 Å². The molecule has 0 saturated carbocycles. The lowest BCUT2D eigenvalue weighted by Gasteiger charge is -2.22. The normalized spacial score (nSPS) is 12.1. The summed E-state index contributed by atoms with van der Waals surface area (Å²) in [5, 5.41) is 28.0. The second-order valence-electron chi connectivity index (χ2n) is 8.20. The van der Waals surface area contributed by atoms with Crippen molar-refractivity contribution >= 4 is 56.3 Å². The number of hydrogen-bond acceptors (Lipinski definition) is 5. The number of Topliss-reactive ketones (excluding diaryl/α,β-unsaturated/α-hetero) is 1. The van der Waals surface area contributed by atoms with Crippen LogP contribution < -0.4 is 5.32 Å². The van der Waals surface area contributed by atoms with Crippen LogP contribution in [0.3, 0.4) is 0 Å². The molecule has 1 atom stereocenters. The van der Waals surface area contributed by atoms with Crippen LogP contribution in [0.1, 0.15) is 28.4 Å². The van der Waals surface area contributed by atoms with Gasteiger partial charge in [0.1, 0.15) is 11.3 Å². The van der Waals surface area contributed by atoms with Crippen molar-refractivity contribution in [3.05, 3.63) is 106 Å². The molecule has 5 rings (SSSR count). The summed E-state index contributed by atoms with van der Waals surface area (Å²) in [7, 11) is 0. The zero-order valence-corrected chi connectivity index (χ0v) is 19.9. The van der Waals surface area contributed by atoms with Crippen LogP contribution in [0.5, 0.6) is 11.6 Å². The quantitative estimate of drug-likeness (QED) is 0.209. The first kappa shape index (κ1) is 23.0. The van der Waals surface area contributed by atoms with Crippen molar-refractivity contribution in [1.82, 2.24) is 4.98 Å². The Morgan fingerprint density at radius 1 is 0.886 bits per heavy atom. The van der Waals surface area contributed by atoms with Gasteiger partial charge in [0.15, 0.2) is 5.78 Å². The second kappa shape index (κ2) is 9.45. The summed E-state index contributed by atoms with van der Waals surface area (Å²) in [5.41, 5.74) is 1.71. The van der Waals surface area contributed by atoms with Gasteiger partial charge in [-0.15, -0.1) is 0 Å². The molecule has 174 valence electrons. The number of nitrogens with one attached hydrogen (secondary N) is 1. The summed E-state index contributed by atoms with van der Waals surface area (Å²) in [4.78, 5) is 17.6. The molecule has 0 fully saturated rings. The minimum Gasteiger partial charge on any atom is -0.506 e. The Bertz CT molecular complexity index is 1560. The van der Waals surface area contributed by atoms with Crippen LogP contribution in [-0.2, 0) is 0 Å². The molecule has 1 aromatic heterocycles. The Morgan fingerprint density at radius 3 is 2.40 bits per heavy atom. The van der Waals surface area contributed by atoms with Crippen LogP contribution in [-0.4, -0.2) is 21.0 Å².